The van der Waals surface area contributed by atoms with Crippen LogP contribution >= 0.6 is 11.3 Å². The first-order chi connectivity index (χ1) is 10.7. The standard InChI is InChI=1S/C17H15N3OS/c1-12-7-16(22-11-12)17(21)20-9-13-4-5-15(19-8-13)14-3-2-6-18-10-14/h2-8,10-11H,9H2,1H3,(H,20,21). The van der Waals surface area contributed by atoms with Crippen LogP contribution in [0.25, 0.3) is 11.3 Å². The Kier molecular flexibility index (Phi) is 4.25. The fourth-order valence-electron chi connectivity index (χ4n) is 2.03. The van der Waals surface area contributed by atoms with Crippen molar-refractivity contribution >= 4 is 17.2 Å². The van der Waals surface area contributed by atoms with Gasteiger partial charge in [-0.2, -0.15) is 0 Å². The summed E-state index contributed by atoms with van der Waals surface area (Å²) < 4.78 is 0. The minimum atomic E-state index is -0.0468. The number of aryl methyl sites for hydroxylation is 1. The van der Waals surface area contributed by atoms with E-state index >= 15 is 0 Å². The molecule has 0 unspecified atom stereocenters. The molecule has 1 amide bonds. The number of aromatic nitrogens is 2. The second kappa shape index (κ2) is 6.49. The van der Waals surface area contributed by atoms with Crippen LogP contribution in [-0.2, 0) is 6.54 Å². The van der Waals surface area contributed by atoms with Gasteiger partial charge >= 0.3 is 0 Å². The summed E-state index contributed by atoms with van der Waals surface area (Å²) in [4.78, 5) is 21.2. The number of hydrogen-bond donors (Lipinski definition) is 1. The molecule has 3 aromatic heterocycles. The van der Waals surface area contributed by atoms with E-state index in [9.17, 15) is 4.79 Å². The maximum Gasteiger partial charge on any atom is 0.261 e. The average molecular weight is 309 g/mol. The minimum Gasteiger partial charge on any atom is -0.347 e. The number of rotatable bonds is 4. The van der Waals surface area contributed by atoms with Crippen molar-refractivity contribution in [1.82, 2.24) is 15.3 Å². The van der Waals surface area contributed by atoms with Gasteiger partial charge in [-0.25, -0.2) is 0 Å². The molecule has 0 spiro atoms. The van der Waals surface area contributed by atoms with E-state index in [0.29, 0.717) is 6.54 Å². The highest BCUT2D eigenvalue weighted by molar-refractivity contribution is 7.12. The monoisotopic (exact) mass is 309 g/mol. The SMILES string of the molecule is Cc1csc(C(=O)NCc2ccc(-c3cccnc3)nc2)c1. The molecule has 0 atom stereocenters. The Hall–Kier alpha value is -2.53. The Balaban J connectivity index is 1.63. The second-order valence-corrected chi connectivity index (χ2v) is 5.88. The van der Waals surface area contributed by atoms with E-state index in [1.165, 1.54) is 11.3 Å². The fraction of sp³-hybridized carbons (Fsp3) is 0.118. The quantitative estimate of drug-likeness (QED) is 0.803. The van der Waals surface area contributed by atoms with E-state index in [1.54, 1.807) is 18.6 Å². The molecule has 0 aliphatic rings. The van der Waals surface area contributed by atoms with E-state index < -0.39 is 0 Å². The number of hydrogen-bond acceptors (Lipinski definition) is 4. The van der Waals surface area contributed by atoms with E-state index in [2.05, 4.69) is 15.3 Å². The van der Waals surface area contributed by atoms with Gasteiger partial charge in [0.2, 0.25) is 0 Å². The van der Waals surface area contributed by atoms with Crippen molar-refractivity contribution in [1.29, 1.82) is 0 Å². The van der Waals surface area contributed by atoms with Crippen molar-refractivity contribution in [3.63, 3.8) is 0 Å². The predicted octanol–water partition coefficient (Wildman–Crippen LogP) is 3.44. The first kappa shape index (κ1) is 14.4. The molecule has 0 fully saturated rings. The molecule has 3 heterocycles. The zero-order valence-corrected chi connectivity index (χ0v) is 12.9. The predicted molar refractivity (Wildman–Crippen MR) is 87.7 cm³/mol. The lowest BCUT2D eigenvalue weighted by molar-refractivity contribution is 0.0955. The average Bonchev–Trinajstić information content (AvgIpc) is 3.00. The molecule has 0 bridgehead atoms. The molecule has 1 N–H and O–H groups in total. The number of carbonyl (C=O) groups excluding carboxylic acids is 1. The molecule has 0 radical (unpaired) electrons. The largest absolute Gasteiger partial charge is 0.347 e. The Morgan fingerprint density at radius 1 is 1.27 bits per heavy atom. The van der Waals surface area contributed by atoms with Crippen LogP contribution in [-0.4, -0.2) is 15.9 Å². The van der Waals surface area contributed by atoms with Gasteiger partial charge in [-0.05, 0) is 47.7 Å². The number of nitrogens with zero attached hydrogens (tertiary/aromatic N) is 2. The van der Waals surface area contributed by atoms with Gasteiger partial charge in [-0.1, -0.05) is 6.07 Å². The number of thiophene rings is 1. The van der Waals surface area contributed by atoms with Crippen molar-refractivity contribution in [2.45, 2.75) is 13.5 Å². The van der Waals surface area contributed by atoms with Crippen LogP contribution < -0.4 is 5.32 Å². The highest BCUT2D eigenvalue weighted by Gasteiger charge is 2.07. The van der Waals surface area contributed by atoms with Crippen LogP contribution in [0.2, 0.25) is 0 Å². The lowest BCUT2D eigenvalue weighted by atomic mass is 10.1. The Morgan fingerprint density at radius 2 is 2.18 bits per heavy atom. The first-order valence-electron chi connectivity index (χ1n) is 6.91. The number of carbonyl (C=O) groups is 1. The maximum absolute atomic E-state index is 12.0. The molecule has 0 aliphatic heterocycles. The van der Waals surface area contributed by atoms with Gasteiger partial charge in [0.05, 0.1) is 10.6 Å². The van der Waals surface area contributed by atoms with Crippen LogP contribution in [0.15, 0.2) is 54.3 Å². The zero-order chi connectivity index (χ0) is 15.4. The Labute approximate surface area is 132 Å². The Morgan fingerprint density at radius 3 is 2.82 bits per heavy atom. The van der Waals surface area contributed by atoms with E-state index in [1.807, 2.05) is 42.6 Å². The van der Waals surface area contributed by atoms with E-state index in [-0.39, 0.29) is 5.91 Å². The van der Waals surface area contributed by atoms with Crippen molar-refractivity contribution in [3.05, 3.63) is 70.3 Å². The molecule has 0 saturated heterocycles. The van der Waals surface area contributed by atoms with Crippen molar-refractivity contribution < 1.29 is 4.79 Å². The first-order valence-corrected chi connectivity index (χ1v) is 7.79. The van der Waals surface area contributed by atoms with Crippen LogP contribution in [0.5, 0.6) is 0 Å². The summed E-state index contributed by atoms with van der Waals surface area (Å²) in [6, 6.07) is 9.65. The smallest absolute Gasteiger partial charge is 0.261 e. The number of nitrogens with one attached hydrogen (secondary N) is 1. The van der Waals surface area contributed by atoms with Gasteiger partial charge in [-0.15, -0.1) is 11.3 Å². The van der Waals surface area contributed by atoms with Crippen LogP contribution in [0, 0.1) is 6.92 Å². The lowest BCUT2D eigenvalue weighted by Gasteiger charge is -2.05. The zero-order valence-electron chi connectivity index (χ0n) is 12.1. The third-order valence-electron chi connectivity index (χ3n) is 3.19. The van der Waals surface area contributed by atoms with Crippen LogP contribution in [0.4, 0.5) is 0 Å². The lowest BCUT2D eigenvalue weighted by Crippen LogP contribution is -2.21. The summed E-state index contributed by atoms with van der Waals surface area (Å²) in [5, 5.41) is 4.88. The fourth-order valence-corrected chi connectivity index (χ4v) is 2.85. The maximum atomic E-state index is 12.0. The molecule has 0 saturated carbocycles. The van der Waals surface area contributed by atoms with Gasteiger partial charge in [-0.3, -0.25) is 14.8 Å². The van der Waals surface area contributed by atoms with Gasteiger partial charge in [0.15, 0.2) is 0 Å². The van der Waals surface area contributed by atoms with E-state index in [4.69, 9.17) is 0 Å². The third kappa shape index (κ3) is 3.38. The van der Waals surface area contributed by atoms with Gasteiger partial charge < -0.3 is 5.32 Å². The second-order valence-electron chi connectivity index (χ2n) is 4.96. The molecule has 5 heteroatoms. The van der Waals surface area contributed by atoms with Crippen molar-refractivity contribution in [3.8, 4) is 11.3 Å². The molecular formula is C17H15N3OS. The van der Waals surface area contributed by atoms with Gasteiger partial charge in [0, 0.05) is 30.7 Å². The summed E-state index contributed by atoms with van der Waals surface area (Å²) in [6.45, 7) is 2.45. The minimum absolute atomic E-state index is 0.0468. The van der Waals surface area contributed by atoms with Crippen LogP contribution in [0.3, 0.4) is 0 Å². The van der Waals surface area contributed by atoms with Gasteiger partial charge in [0.1, 0.15) is 0 Å². The van der Waals surface area contributed by atoms with Crippen molar-refractivity contribution in [2.75, 3.05) is 0 Å². The third-order valence-corrected chi connectivity index (χ3v) is 4.24. The van der Waals surface area contributed by atoms with Crippen LogP contribution in [0.1, 0.15) is 20.8 Å². The topological polar surface area (TPSA) is 54.9 Å². The molecule has 0 aliphatic carbocycles. The summed E-state index contributed by atoms with van der Waals surface area (Å²) in [7, 11) is 0. The highest BCUT2D eigenvalue weighted by Crippen LogP contribution is 2.16. The summed E-state index contributed by atoms with van der Waals surface area (Å²) in [5.74, 6) is -0.0468. The molecule has 3 rings (SSSR count). The normalized spacial score (nSPS) is 10.4. The molecule has 110 valence electrons. The number of pyridine rings is 2. The molecule has 3 aromatic rings. The number of amides is 1. The molecule has 22 heavy (non-hydrogen) atoms. The summed E-state index contributed by atoms with van der Waals surface area (Å²) >= 11 is 1.46. The summed E-state index contributed by atoms with van der Waals surface area (Å²) in [5.41, 5.74) is 3.93. The molecule has 4 nitrogen and oxygen atoms in total. The van der Waals surface area contributed by atoms with E-state index in [0.717, 1.165) is 27.3 Å². The van der Waals surface area contributed by atoms with Gasteiger partial charge in [0.25, 0.3) is 5.91 Å². The van der Waals surface area contributed by atoms with Crippen molar-refractivity contribution in [2.24, 2.45) is 0 Å². The molecular weight excluding hydrogens is 294 g/mol. The highest BCUT2D eigenvalue weighted by atomic mass is 32.1. The molecule has 0 aromatic carbocycles. The Bertz CT molecular complexity index is 766. The summed E-state index contributed by atoms with van der Waals surface area (Å²) in [6.07, 6.45) is 5.30.